The average Bonchev–Trinajstić information content (AvgIpc) is 1.88. The lowest BCUT2D eigenvalue weighted by atomic mass is 10.3. The third-order valence-corrected chi connectivity index (χ3v) is 1.33. The standard InChI is InChI=1S/C6H3ClFNO/c7-4-2-1-3-5(8)6(4)9-10/h1-3H. The molecule has 10 heavy (non-hydrogen) atoms. The number of hydrogen-bond acceptors (Lipinski definition) is 2. The molecule has 0 saturated heterocycles. The zero-order valence-electron chi connectivity index (χ0n) is 4.84. The highest BCUT2D eigenvalue weighted by atomic mass is 35.5. The zero-order valence-corrected chi connectivity index (χ0v) is 5.60. The van der Waals surface area contributed by atoms with Crippen LogP contribution in [0.2, 0.25) is 5.02 Å². The van der Waals surface area contributed by atoms with E-state index in [1.165, 1.54) is 12.1 Å². The summed E-state index contributed by atoms with van der Waals surface area (Å²) in [7, 11) is 0. The number of halogens is 2. The summed E-state index contributed by atoms with van der Waals surface area (Å²) in [4.78, 5) is 9.87. The van der Waals surface area contributed by atoms with Crippen LogP contribution in [-0.4, -0.2) is 0 Å². The summed E-state index contributed by atoms with van der Waals surface area (Å²) in [6.07, 6.45) is 0. The molecule has 4 heteroatoms. The van der Waals surface area contributed by atoms with Gasteiger partial charge in [-0.1, -0.05) is 17.7 Å². The van der Waals surface area contributed by atoms with E-state index in [9.17, 15) is 9.30 Å². The Morgan fingerprint density at radius 3 is 2.60 bits per heavy atom. The van der Waals surface area contributed by atoms with E-state index in [1.807, 2.05) is 0 Å². The number of benzene rings is 1. The van der Waals surface area contributed by atoms with Gasteiger partial charge in [-0.25, -0.2) is 4.39 Å². The number of nitroso groups, excluding NO2 is 1. The molecule has 0 aromatic heterocycles. The normalized spacial score (nSPS) is 9.40. The van der Waals surface area contributed by atoms with Crippen molar-refractivity contribution in [3.8, 4) is 0 Å². The third-order valence-electron chi connectivity index (χ3n) is 1.03. The molecule has 0 radical (unpaired) electrons. The Labute approximate surface area is 61.6 Å². The fraction of sp³-hybridized carbons (Fsp3) is 0. The van der Waals surface area contributed by atoms with Gasteiger partial charge in [0.2, 0.25) is 0 Å². The molecule has 0 N–H and O–H groups in total. The molecule has 0 aliphatic carbocycles. The van der Waals surface area contributed by atoms with E-state index < -0.39 is 5.82 Å². The van der Waals surface area contributed by atoms with Crippen LogP contribution in [0.15, 0.2) is 23.4 Å². The van der Waals surface area contributed by atoms with Crippen molar-refractivity contribution in [2.45, 2.75) is 0 Å². The van der Waals surface area contributed by atoms with Crippen LogP contribution in [0.3, 0.4) is 0 Å². The SMILES string of the molecule is O=Nc1c(F)cccc1Cl. The summed E-state index contributed by atoms with van der Waals surface area (Å²) in [6, 6.07) is 3.94. The van der Waals surface area contributed by atoms with Crippen LogP contribution in [0.25, 0.3) is 0 Å². The highest BCUT2D eigenvalue weighted by Crippen LogP contribution is 2.26. The predicted molar refractivity (Wildman–Crippen MR) is 36.9 cm³/mol. The van der Waals surface area contributed by atoms with E-state index in [2.05, 4.69) is 5.18 Å². The first-order chi connectivity index (χ1) is 4.75. The molecule has 0 atom stereocenters. The van der Waals surface area contributed by atoms with Crippen molar-refractivity contribution in [3.05, 3.63) is 33.9 Å². The van der Waals surface area contributed by atoms with Gasteiger partial charge in [0.25, 0.3) is 0 Å². The molecule has 1 aromatic carbocycles. The molecule has 0 aliphatic rings. The van der Waals surface area contributed by atoms with Crippen molar-refractivity contribution < 1.29 is 4.39 Å². The highest BCUT2D eigenvalue weighted by Gasteiger charge is 2.04. The first-order valence-corrected chi connectivity index (χ1v) is 2.91. The maximum atomic E-state index is 12.5. The Morgan fingerprint density at radius 2 is 2.20 bits per heavy atom. The summed E-state index contributed by atoms with van der Waals surface area (Å²) < 4.78 is 12.5. The summed E-state index contributed by atoms with van der Waals surface area (Å²) >= 11 is 5.40. The zero-order chi connectivity index (χ0) is 7.56. The quantitative estimate of drug-likeness (QED) is 0.580. The summed E-state index contributed by atoms with van der Waals surface area (Å²) in [6.45, 7) is 0. The Kier molecular flexibility index (Phi) is 1.97. The van der Waals surface area contributed by atoms with Gasteiger partial charge in [-0.2, -0.15) is 0 Å². The first-order valence-electron chi connectivity index (χ1n) is 2.53. The van der Waals surface area contributed by atoms with Gasteiger partial charge in [-0.05, 0) is 17.3 Å². The first kappa shape index (κ1) is 7.15. The molecule has 2 nitrogen and oxygen atoms in total. The van der Waals surface area contributed by atoms with Gasteiger partial charge in [-0.15, -0.1) is 4.91 Å². The van der Waals surface area contributed by atoms with Gasteiger partial charge in [0.15, 0.2) is 11.5 Å². The second-order valence-corrected chi connectivity index (χ2v) is 2.07. The van der Waals surface area contributed by atoms with E-state index in [-0.39, 0.29) is 10.7 Å². The topological polar surface area (TPSA) is 29.4 Å². The second kappa shape index (κ2) is 2.75. The maximum Gasteiger partial charge on any atom is 0.162 e. The van der Waals surface area contributed by atoms with Gasteiger partial charge in [0.05, 0.1) is 5.02 Å². The molecule has 0 bridgehead atoms. The average molecular weight is 160 g/mol. The van der Waals surface area contributed by atoms with Crippen LogP contribution in [0.1, 0.15) is 0 Å². The Morgan fingerprint density at radius 1 is 1.50 bits per heavy atom. The number of nitrogens with zero attached hydrogens (tertiary/aromatic N) is 1. The van der Waals surface area contributed by atoms with E-state index in [1.54, 1.807) is 0 Å². The van der Waals surface area contributed by atoms with Crippen molar-refractivity contribution in [1.29, 1.82) is 0 Å². The van der Waals surface area contributed by atoms with Gasteiger partial charge < -0.3 is 0 Å². The summed E-state index contributed by atoms with van der Waals surface area (Å²) in [5.41, 5.74) is -0.329. The number of hydrogen-bond donors (Lipinski definition) is 0. The summed E-state index contributed by atoms with van der Waals surface area (Å²) in [5, 5.41) is 2.45. The molecule has 0 fully saturated rings. The van der Waals surface area contributed by atoms with Crippen molar-refractivity contribution >= 4 is 17.3 Å². The minimum atomic E-state index is -0.692. The maximum absolute atomic E-state index is 12.5. The van der Waals surface area contributed by atoms with E-state index in [0.717, 1.165) is 6.07 Å². The molecule has 0 saturated carbocycles. The fourth-order valence-electron chi connectivity index (χ4n) is 0.576. The summed E-state index contributed by atoms with van der Waals surface area (Å²) in [5.74, 6) is -0.692. The van der Waals surface area contributed by atoms with E-state index >= 15 is 0 Å². The third kappa shape index (κ3) is 1.14. The Balaban J connectivity index is 3.30. The van der Waals surface area contributed by atoms with E-state index in [0.29, 0.717) is 0 Å². The van der Waals surface area contributed by atoms with Gasteiger partial charge in [-0.3, -0.25) is 0 Å². The molecule has 0 amide bonds. The van der Waals surface area contributed by atoms with E-state index in [4.69, 9.17) is 11.6 Å². The molecule has 0 unspecified atom stereocenters. The van der Waals surface area contributed by atoms with Crippen molar-refractivity contribution in [2.24, 2.45) is 5.18 Å². The molecule has 52 valence electrons. The molecule has 0 heterocycles. The predicted octanol–water partition coefficient (Wildman–Crippen LogP) is 2.88. The molecular weight excluding hydrogens is 157 g/mol. The van der Waals surface area contributed by atoms with Crippen molar-refractivity contribution in [3.63, 3.8) is 0 Å². The number of rotatable bonds is 1. The van der Waals surface area contributed by atoms with Crippen molar-refractivity contribution in [1.82, 2.24) is 0 Å². The van der Waals surface area contributed by atoms with Crippen LogP contribution < -0.4 is 0 Å². The molecule has 0 spiro atoms. The largest absolute Gasteiger partial charge is 0.204 e. The van der Waals surface area contributed by atoms with Gasteiger partial charge in [0, 0.05) is 0 Å². The van der Waals surface area contributed by atoms with Crippen LogP contribution in [0.5, 0.6) is 0 Å². The smallest absolute Gasteiger partial charge is 0.162 e. The monoisotopic (exact) mass is 159 g/mol. The molecule has 1 aromatic rings. The molecule has 0 aliphatic heterocycles. The lowest BCUT2D eigenvalue weighted by Crippen LogP contribution is -1.73. The minimum absolute atomic E-state index is 0.0370. The van der Waals surface area contributed by atoms with Crippen LogP contribution in [0, 0.1) is 10.7 Å². The van der Waals surface area contributed by atoms with Gasteiger partial charge in [0.1, 0.15) is 0 Å². The lowest BCUT2D eigenvalue weighted by Gasteiger charge is -1.92. The van der Waals surface area contributed by atoms with Gasteiger partial charge >= 0.3 is 0 Å². The molecule has 1 rings (SSSR count). The van der Waals surface area contributed by atoms with Crippen LogP contribution in [0.4, 0.5) is 10.1 Å². The van der Waals surface area contributed by atoms with Crippen LogP contribution in [-0.2, 0) is 0 Å². The molecular formula is C6H3ClFNO. The Hall–Kier alpha value is -0.960. The minimum Gasteiger partial charge on any atom is -0.204 e. The van der Waals surface area contributed by atoms with Crippen molar-refractivity contribution in [2.75, 3.05) is 0 Å². The lowest BCUT2D eigenvalue weighted by molar-refractivity contribution is 0.630. The van der Waals surface area contributed by atoms with Crippen LogP contribution >= 0.6 is 11.6 Å². The fourth-order valence-corrected chi connectivity index (χ4v) is 0.774. The Bertz CT molecular complexity index is 244. The second-order valence-electron chi connectivity index (χ2n) is 1.66. The highest BCUT2D eigenvalue weighted by molar-refractivity contribution is 6.32.